The minimum atomic E-state index is 0.514. The molecule has 2 unspecified atom stereocenters. The van der Waals surface area contributed by atoms with E-state index in [0.29, 0.717) is 6.04 Å². The first kappa shape index (κ1) is 7.92. The van der Waals surface area contributed by atoms with Gasteiger partial charge in [0, 0.05) is 5.25 Å². The first-order valence-corrected chi connectivity index (χ1v) is 4.85. The Kier molecular flexibility index (Phi) is 2.60. The molecule has 2 atom stereocenters. The van der Waals surface area contributed by atoms with Gasteiger partial charge in [-0.15, -0.1) is 0 Å². The van der Waals surface area contributed by atoms with Gasteiger partial charge in [-0.1, -0.05) is 0 Å². The second-order valence-corrected chi connectivity index (χ2v) is 3.77. The number of nitrogens with zero attached hydrogens (tertiary/aromatic N) is 1. The zero-order valence-corrected chi connectivity index (χ0v) is 7.32. The highest BCUT2D eigenvalue weighted by Crippen LogP contribution is 2.32. The van der Waals surface area contributed by atoms with Crippen molar-refractivity contribution in [3.8, 4) is 0 Å². The molecule has 1 saturated carbocycles. The predicted molar refractivity (Wildman–Crippen MR) is 47.6 cm³/mol. The molecule has 0 aromatic rings. The SMILES string of the molecule is CSC1CCC1N=C(C)N. The summed E-state index contributed by atoms with van der Waals surface area (Å²) in [5.41, 5.74) is 5.46. The smallest absolute Gasteiger partial charge is 0.0909 e. The first-order valence-electron chi connectivity index (χ1n) is 3.56. The van der Waals surface area contributed by atoms with Crippen LogP contribution in [0.15, 0.2) is 4.99 Å². The van der Waals surface area contributed by atoms with E-state index in [0.717, 1.165) is 11.1 Å². The predicted octanol–water partition coefficient (Wildman–Crippen LogP) is 1.26. The summed E-state index contributed by atoms with van der Waals surface area (Å²) in [6.07, 6.45) is 4.67. The molecular formula is C7H14N2S. The van der Waals surface area contributed by atoms with Crippen LogP contribution in [-0.4, -0.2) is 23.4 Å². The molecule has 1 aliphatic carbocycles. The molecule has 0 amide bonds. The maximum Gasteiger partial charge on any atom is 0.0909 e. The molecule has 2 N–H and O–H groups in total. The molecule has 0 saturated heterocycles. The van der Waals surface area contributed by atoms with Crippen LogP contribution in [0.5, 0.6) is 0 Å². The van der Waals surface area contributed by atoms with Crippen molar-refractivity contribution in [2.24, 2.45) is 10.7 Å². The largest absolute Gasteiger partial charge is 0.388 e. The molecule has 2 nitrogen and oxygen atoms in total. The summed E-state index contributed by atoms with van der Waals surface area (Å²) in [6.45, 7) is 1.86. The first-order chi connectivity index (χ1) is 4.74. The van der Waals surface area contributed by atoms with Crippen LogP contribution >= 0.6 is 11.8 Å². The van der Waals surface area contributed by atoms with Crippen LogP contribution < -0.4 is 5.73 Å². The van der Waals surface area contributed by atoms with Crippen molar-refractivity contribution in [2.45, 2.75) is 31.1 Å². The molecule has 0 bridgehead atoms. The van der Waals surface area contributed by atoms with E-state index < -0.39 is 0 Å². The minimum absolute atomic E-state index is 0.514. The normalized spacial score (nSPS) is 33.6. The summed E-state index contributed by atoms with van der Waals surface area (Å²) >= 11 is 1.90. The van der Waals surface area contributed by atoms with E-state index in [1.165, 1.54) is 12.8 Å². The van der Waals surface area contributed by atoms with Gasteiger partial charge in [0.2, 0.25) is 0 Å². The van der Waals surface area contributed by atoms with Crippen molar-refractivity contribution in [3.63, 3.8) is 0 Å². The molecule has 0 spiro atoms. The van der Waals surface area contributed by atoms with Gasteiger partial charge >= 0.3 is 0 Å². The fourth-order valence-corrected chi connectivity index (χ4v) is 2.02. The van der Waals surface area contributed by atoms with Crippen molar-refractivity contribution < 1.29 is 0 Å². The highest BCUT2D eigenvalue weighted by molar-refractivity contribution is 7.99. The Hall–Kier alpha value is -0.180. The van der Waals surface area contributed by atoms with Crippen LogP contribution in [-0.2, 0) is 0 Å². The van der Waals surface area contributed by atoms with Crippen molar-refractivity contribution in [1.82, 2.24) is 0 Å². The summed E-state index contributed by atoms with van der Waals surface area (Å²) in [5, 5.41) is 0.735. The molecule has 0 radical (unpaired) electrons. The highest BCUT2D eigenvalue weighted by atomic mass is 32.2. The number of amidine groups is 1. The zero-order valence-electron chi connectivity index (χ0n) is 6.50. The van der Waals surface area contributed by atoms with Gasteiger partial charge in [0.05, 0.1) is 11.9 Å². The fraction of sp³-hybridized carbons (Fsp3) is 0.857. The third-order valence-electron chi connectivity index (χ3n) is 1.85. The molecule has 0 aliphatic heterocycles. The Balaban J connectivity index is 2.36. The minimum Gasteiger partial charge on any atom is -0.388 e. The van der Waals surface area contributed by atoms with Crippen molar-refractivity contribution >= 4 is 17.6 Å². The molecule has 10 heavy (non-hydrogen) atoms. The summed E-state index contributed by atoms with van der Waals surface area (Å²) < 4.78 is 0. The van der Waals surface area contributed by atoms with Crippen molar-refractivity contribution in [3.05, 3.63) is 0 Å². The van der Waals surface area contributed by atoms with Crippen molar-refractivity contribution in [1.29, 1.82) is 0 Å². The lowest BCUT2D eigenvalue weighted by Crippen LogP contribution is -2.33. The van der Waals surface area contributed by atoms with Gasteiger partial charge in [0.1, 0.15) is 0 Å². The Bertz CT molecular complexity index is 139. The lowest BCUT2D eigenvalue weighted by atomic mass is 9.93. The molecule has 0 aromatic carbocycles. The van der Waals surface area contributed by atoms with Gasteiger partial charge < -0.3 is 5.73 Å². The highest BCUT2D eigenvalue weighted by Gasteiger charge is 2.29. The van der Waals surface area contributed by atoms with E-state index in [9.17, 15) is 0 Å². The summed E-state index contributed by atoms with van der Waals surface area (Å²) in [7, 11) is 0. The Labute approximate surface area is 66.3 Å². The van der Waals surface area contributed by atoms with Crippen LogP contribution in [0, 0.1) is 0 Å². The monoisotopic (exact) mass is 158 g/mol. The van der Waals surface area contributed by atoms with Gasteiger partial charge in [0.25, 0.3) is 0 Å². The van der Waals surface area contributed by atoms with Gasteiger partial charge in [0.15, 0.2) is 0 Å². The van der Waals surface area contributed by atoms with Crippen LogP contribution in [0.1, 0.15) is 19.8 Å². The quantitative estimate of drug-likeness (QED) is 0.485. The van der Waals surface area contributed by atoms with Crippen LogP contribution in [0.25, 0.3) is 0 Å². The topological polar surface area (TPSA) is 38.4 Å². The molecule has 1 fully saturated rings. The molecule has 1 aliphatic rings. The second-order valence-electron chi connectivity index (χ2n) is 2.69. The van der Waals surface area contributed by atoms with E-state index in [1.54, 1.807) is 0 Å². The number of thioether (sulfide) groups is 1. The molecule has 3 heteroatoms. The molecule has 58 valence electrons. The van der Waals surface area contributed by atoms with E-state index in [2.05, 4.69) is 11.2 Å². The fourth-order valence-electron chi connectivity index (χ4n) is 1.14. The third kappa shape index (κ3) is 1.66. The molecular weight excluding hydrogens is 144 g/mol. The van der Waals surface area contributed by atoms with E-state index >= 15 is 0 Å². The maximum absolute atomic E-state index is 5.46. The lowest BCUT2D eigenvalue weighted by Gasteiger charge is -2.32. The Morgan fingerprint density at radius 3 is 2.60 bits per heavy atom. The van der Waals surface area contributed by atoms with E-state index in [1.807, 2.05) is 18.7 Å². The van der Waals surface area contributed by atoms with Crippen molar-refractivity contribution in [2.75, 3.05) is 6.26 Å². The number of hydrogen-bond acceptors (Lipinski definition) is 2. The number of rotatable bonds is 2. The average Bonchev–Trinajstić information content (AvgIpc) is 1.82. The summed E-state index contributed by atoms with van der Waals surface area (Å²) in [4.78, 5) is 4.31. The van der Waals surface area contributed by atoms with E-state index in [4.69, 9.17) is 5.73 Å². The van der Waals surface area contributed by atoms with Gasteiger partial charge in [-0.25, -0.2) is 0 Å². The summed E-state index contributed by atoms with van der Waals surface area (Å²) in [5.74, 6) is 0.726. The third-order valence-corrected chi connectivity index (χ3v) is 3.00. The van der Waals surface area contributed by atoms with Gasteiger partial charge in [-0.3, -0.25) is 4.99 Å². The van der Waals surface area contributed by atoms with Gasteiger partial charge in [-0.2, -0.15) is 11.8 Å². The summed E-state index contributed by atoms with van der Waals surface area (Å²) in [6, 6.07) is 0.514. The Morgan fingerprint density at radius 1 is 1.60 bits per heavy atom. The van der Waals surface area contributed by atoms with Crippen LogP contribution in [0.3, 0.4) is 0 Å². The average molecular weight is 158 g/mol. The number of nitrogens with two attached hydrogens (primary N) is 1. The maximum atomic E-state index is 5.46. The van der Waals surface area contributed by atoms with Crippen LogP contribution in [0.4, 0.5) is 0 Å². The Morgan fingerprint density at radius 2 is 2.30 bits per heavy atom. The lowest BCUT2D eigenvalue weighted by molar-refractivity contribution is 0.437. The van der Waals surface area contributed by atoms with Crippen LogP contribution in [0.2, 0.25) is 0 Å². The standard InChI is InChI=1S/C7H14N2S/c1-5(8)9-6-3-4-7(6)10-2/h6-7H,3-4H2,1-2H3,(H2,8,9). The number of aliphatic imine (C=N–C) groups is 1. The second kappa shape index (κ2) is 3.28. The molecule has 0 heterocycles. The molecule has 0 aromatic heterocycles. The zero-order chi connectivity index (χ0) is 7.56. The number of hydrogen-bond donors (Lipinski definition) is 1. The van der Waals surface area contributed by atoms with Gasteiger partial charge in [-0.05, 0) is 26.0 Å². The molecule has 1 rings (SSSR count). The van der Waals surface area contributed by atoms with E-state index in [-0.39, 0.29) is 0 Å².